The molecule has 0 bridgehead atoms. The molecule has 1 aromatic carbocycles. The molecule has 0 fully saturated rings. The first-order valence-corrected chi connectivity index (χ1v) is 7.49. The lowest BCUT2D eigenvalue weighted by Crippen LogP contribution is -2.28. The molecule has 0 radical (unpaired) electrons. The smallest absolute Gasteiger partial charge is 0.320 e. The number of pyridine rings is 1. The predicted molar refractivity (Wildman–Crippen MR) is 90.6 cm³/mol. The van der Waals surface area contributed by atoms with E-state index in [0.717, 1.165) is 11.3 Å². The Morgan fingerprint density at radius 1 is 1.28 bits per heavy atom. The van der Waals surface area contributed by atoms with Gasteiger partial charge in [0.2, 0.25) is 0 Å². The SMILES string of the molecule is COc1cccc(CNC(=O)Nc2cc(-c3ccncc3)[nH]n2)c1F. The van der Waals surface area contributed by atoms with Crippen molar-refractivity contribution in [1.29, 1.82) is 0 Å². The van der Waals surface area contributed by atoms with Gasteiger partial charge in [-0.15, -0.1) is 0 Å². The Morgan fingerprint density at radius 2 is 2.08 bits per heavy atom. The van der Waals surface area contributed by atoms with E-state index < -0.39 is 11.8 Å². The number of nitrogens with zero attached hydrogens (tertiary/aromatic N) is 2. The molecule has 0 spiro atoms. The third-order valence-electron chi connectivity index (χ3n) is 3.51. The van der Waals surface area contributed by atoms with Crippen LogP contribution >= 0.6 is 0 Å². The number of hydrogen-bond acceptors (Lipinski definition) is 4. The van der Waals surface area contributed by atoms with Crippen molar-refractivity contribution in [3.05, 3.63) is 60.2 Å². The maximum absolute atomic E-state index is 14.0. The van der Waals surface area contributed by atoms with E-state index in [-0.39, 0.29) is 12.3 Å². The summed E-state index contributed by atoms with van der Waals surface area (Å²) in [7, 11) is 1.39. The van der Waals surface area contributed by atoms with Crippen LogP contribution in [0.2, 0.25) is 0 Å². The van der Waals surface area contributed by atoms with Gasteiger partial charge < -0.3 is 10.1 Å². The lowest BCUT2D eigenvalue weighted by Gasteiger charge is -2.09. The highest BCUT2D eigenvalue weighted by Gasteiger charge is 2.11. The molecule has 0 aliphatic rings. The summed E-state index contributed by atoms with van der Waals surface area (Å²) in [5, 5.41) is 12.0. The lowest BCUT2D eigenvalue weighted by molar-refractivity contribution is 0.251. The van der Waals surface area contributed by atoms with E-state index in [9.17, 15) is 9.18 Å². The average molecular weight is 341 g/mol. The number of nitrogens with one attached hydrogen (secondary N) is 3. The normalized spacial score (nSPS) is 10.3. The van der Waals surface area contributed by atoms with Gasteiger partial charge in [0.1, 0.15) is 0 Å². The van der Waals surface area contributed by atoms with Crippen LogP contribution in [0.1, 0.15) is 5.56 Å². The van der Waals surface area contributed by atoms with Gasteiger partial charge in [0, 0.05) is 36.1 Å². The molecular formula is C17H16FN5O2. The van der Waals surface area contributed by atoms with E-state index in [0.29, 0.717) is 11.4 Å². The van der Waals surface area contributed by atoms with Crippen LogP contribution in [0.4, 0.5) is 15.0 Å². The summed E-state index contributed by atoms with van der Waals surface area (Å²) in [6, 6.07) is 9.60. The Hall–Kier alpha value is -3.42. The number of urea groups is 1. The van der Waals surface area contributed by atoms with E-state index in [1.54, 1.807) is 30.6 Å². The summed E-state index contributed by atoms with van der Waals surface area (Å²) in [6.45, 7) is 0.0243. The number of halogens is 1. The molecule has 25 heavy (non-hydrogen) atoms. The molecule has 0 saturated heterocycles. The standard InChI is InChI=1S/C17H16FN5O2/c1-25-14-4-2-3-12(16(14)18)10-20-17(24)21-15-9-13(22-23-15)11-5-7-19-8-6-11/h2-9H,10H2,1H3,(H3,20,21,22,23,24). The van der Waals surface area contributed by atoms with Crippen LogP contribution < -0.4 is 15.4 Å². The second-order valence-corrected chi connectivity index (χ2v) is 5.14. The Morgan fingerprint density at radius 3 is 2.84 bits per heavy atom. The van der Waals surface area contributed by atoms with E-state index in [1.165, 1.54) is 13.2 Å². The number of hydrogen-bond donors (Lipinski definition) is 3. The van der Waals surface area contributed by atoms with Gasteiger partial charge in [0.25, 0.3) is 0 Å². The van der Waals surface area contributed by atoms with E-state index in [4.69, 9.17) is 4.74 Å². The van der Waals surface area contributed by atoms with Gasteiger partial charge in [0.05, 0.1) is 12.8 Å². The second-order valence-electron chi connectivity index (χ2n) is 5.14. The largest absolute Gasteiger partial charge is 0.494 e. The topological polar surface area (TPSA) is 91.9 Å². The van der Waals surface area contributed by atoms with E-state index in [2.05, 4.69) is 25.8 Å². The van der Waals surface area contributed by atoms with Crippen LogP contribution in [0.5, 0.6) is 5.75 Å². The number of amides is 2. The van der Waals surface area contributed by atoms with Crippen molar-refractivity contribution in [3.8, 4) is 17.0 Å². The summed E-state index contributed by atoms with van der Waals surface area (Å²) >= 11 is 0. The van der Waals surface area contributed by atoms with Gasteiger partial charge in [-0.05, 0) is 18.2 Å². The number of H-pyrrole nitrogens is 1. The molecular weight excluding hydrogens is 325 g/mol. The number of carbonyl (C=O) groups is 1. The number of carbonyl (C=O) groups excluding carboxylic acids is 1. The van der Waals surface area contributed by atoms with E-state index in [1.807, 2.05) is 12.1 Å². The van der Waals surface area contributed by atoms with Crippen molar-refractivity contribution < 1.29 is 13.9 Å². The first kappa shape index (κ1) is 16.4. The fraction of sp³-hybridized carbons (Fsp3) is 0.118. The Kier molecular flexibility index (Phi) is 4.89. The van der Waals surface area contributed by atoms with Crippen molar-refractivity contribution in [1.82, 2.24) is 20.5 Å². The van der Waals surface area contributed by atoms with Crippen molar-refractivity contribution >= 4 is 11.8 Å². The lowest BCUT2D eigenvalue weighted by atomic mass is 10.2. The number of anilines is 1. The Balaban J connectivity index is 1.59. The molecule has 8 heteroatoms. The highest BCUT2D eigenvalue weighted by molar-refractivity contribution is 5.88. The van der Waals surface area contributed by atoms with Crippen LogP contribution in [0.15, 0.2) is 48.8 Å². The fourth-order valence-corrected chi connectivity index (χ4v) is 2.25. The van der Waals surface area contributed by atoms with Gasteiger partial charge in [0.15, 0.2) is 17.4 Å². The zero-order chi connectivity index (χ0) is 17.6. The number of aromatic nitrogens is 3. The Bertz CT molecular complexity index is 866. The van der Waals surface area contributed by atoms with Gasteiger partial charge >= 0.3 is 6.03 Å². The zero-order valence-electron chi connectivity index (χ0n) is 13.4. The highest BCUT2D eigenvalue weighted by atomic mass is 19.1. The minimum absolute atomic E-state index is 0.0243. The molecule has 0 saturated carbocycles. The molecule has 0 aliphatic carbocycles. The highest BCUT2D eigenvalue weighted by Crippen LogP contribution is 2.20. The van der Waals surface area contributed by atoms with Crippen molar-refractivity contribution in [3.63, 3.8) is 0 Å². The minimum Gasteiger partial charge on any atom is -0.494 e. The maximum atomic E-state index is 14.0. The molecule has 3 N–H and O–H groups in total. The summed E-state index contributed by atoms with van der Waals surface area (Å²) in [4.78, 5) is 15.9. The van der Waals surface area contributed by atoms with Crippen molar-refractivity contribution in [2.45, 2.75) is 6.54 Å². The first-order valence-electron chi connectivity index (χ1n) is 7.49. The summed E-state index contributed by atoms with van der Waals surface area (Å²) < 4.78 is 18.9. The molecule has 3 rings (SSSR count). The van der Waals surface area contributed by atoms with Crippen LogP contribution in [-0.4, -0.2) is 28.3 Å². The fourth-order valence-electron chi connectivity index (χ4n) is 2.25. The molecule has 2 aromatic heterocycles. The number of ether oxygens (including phenoxy) is 1. The molecule has 2 heterocycles. The molecule has 3 aromatic rings. The van der Waals surface area contributed by atoms with Crippen LogP contribution in [0, 0.1) is 5.82 Å². The molecule has 7 nitrogen and oxygen atoms in total. The van der Waals surface area contributed by atoms with Crippen LogP contribution in [0.3, 0.4) is 0 Å². The average Bonchev–Trinajstić information content (AvgIpc) is 3.10. The van der Waals surface area contributed by atoms with Gasteiger partial charge in [-0.1, -0.05) is 12.1 Å². The number of rotatable bonds is 5. The van der Waals surface area contributed by atoms with Gasteiger partial charge in [-0.25, -0.2) is 9.18 Å². The second kappa shape index (κ2) is 7.43. The Labute approximate surface area is 143 Å². The molecule has 2 amide bonds. The molecule has 128 valence electrons. The molecule has 0 unspecified atom stereocenters. The zero-order valence-corrected chi connectivity index (χ0v) is 13.4. The third-order valence-corrected chi connectivity index (χ3v) is 3.51. The minimum atomic E-state index is -0.495. The maximum Gasteiger partial charge on any atom is 0.320 e. The van der Waals surface area contributed by atoms with Crippen LogP contribution in [-0.2, 0) is 6.54 Å². The van der Waals surface area contributed by atoms with Crippen molar-refractivity contribution in [2.75, 3.05) is 12.4 Å². The summed E-state index contributed by atoms with van der Waals surface area (Å²) in [6.07, 6.45) is 3.33. The van der Waals surface area contributed by atoms with Gasteiger partial charge in [-0.3, -0.25) is 15.4 Å². The summed E-state index contributed by atoms with van der Waals surface area (Å²) in [5.74, 6) is -0.00512. The van der Waals surface area contributed by atoms with E-state index >= 15 is 0 Å². The molecule has 0 atom stereocenters. The van der Waals surface area contributed by atoms with Crippen molar-refractivity contribution in [2.24, 2.45) is 0 Å². The first-order chi connectivity index (χ1) is 12.2. The number of methoxy groups -OCH3 is 1. The number of aromatic amines is 1. The predicted octanol–water partition coefficient (Wildman–Crippen LogP) is 2.94. The van der Waals surface area contributed by atoms with Gasteiger partial charge in [-0.2, -0.15) is 5.10 Å². The third kappa shape index (κ3) is 3.92. The summed E-state index contributed by atoms with van der Waals surface area (Å²) in [5.41, 5.74) is 1.97. The quantitative estimate of drug-likeness (QED) is 0.665. The van der Waals surface area contributed by atoms with Crippen LogP contribution in [0.25, 0.3) is 11.3 Å². The molecule has 0 aliphatic heterocycles. The number of benzene rings is 1. The monoisotopic (exact) mass is 341 g/mol.